The molecular weight excluding hydrogens is 172 g/mol. The highest BCUT2D eigenvalue weighted by Crippen LogP contribution is 2.17. The maximum atomic E-state index is 5.90. The van der Waals surface area contributed by atoms with E-state index in [4.69, 9.17) is 5.73 Å². The second-order valence-electron chi connectivity index (χ2n) is 4.72. The minimum Gasteiger partial charge on any atom is -0.326 e. The molecule has 14 heavy (non-hydrogen) atoms. The smallest absolute Gasteiger partial charge is 0.0180 e. The maximum absolute atomic E-state index is 5.90. The van der Waals surface area contributed by atoms with E-state index in [0.29, 0.717) is 6.04 Å². The van der Waals surface area contributed by atoms with E-state index in [0.717, 1.165) is 12.5 Å². The third kappa shape index (κ3) is 3.97. The molecule has 1 aliphatic heterocycles. The zero-order chi connectivity index (χ0) is 10.4. The van der Waals surface area contributed by atoms with E-state index >= 15 is 0 Å². The van der Waals surface area contributed by atoms with Gasteiger partial charge in [0.05, 0.1) is 0 Å². The Balaban J connectivity index is 2.19. The molecule has 1 saturated heterocycles. The summed E-state index contributed by atoms with van der Waals surface area (Å²) in [4.78, 5) is 2.55. The van der Waals surface area contributed by atoms with Gasteiger partial charge in [0, 0.05) is 19.1 Å². The third-order valence-electron chi connectivity index (χ3n) is 3.37. The summed E-state index contributed by atoms with van der Waals surface area (Å²) in [7, 11) is 0. The molecule has 1 fully saturated rings. The highest BCUT2D eigenvalue weighted by Gasteiger charge is 2.20. The van der Waals surface area contributed by atoms with Gasteiger partial charge >= 0.3 is 0 Å². The summed E-state index contributed by atoms with van der Waals surface area (Å²) in [5, 5.41) is 0. The Kier molecular flexibility index (Phi) is 5.49. The molecule has 2 nitrogen and oxygen atoms in total. The molecule has 1 heterocycles. The van der Waals surface area contributed by atoms with E-state index in [-0.39, 0.29) is 0 Å². The summed E-state index contributed by atoms with van der Waals surface area (Å²) >= 11 is 0. The fraction of sp³-hybridized carbons (Fsp3) is 1.00. The molecule has 0 radical (unpaired) electrons. The Labute approximate surface area is 88.8 Å². The van der Waals surface area contributed by atoms with Gasteiger partial charge in [-0.1, -0.05) is 33.1 Å². The Hall–Kier alpha value is -0.0800. The highest BCUT2D eigenvalue weighted by atomic mass is 15.2. The molecule has 0 aromatic carbocycles. The van der Waals surface area contributed by atoms with Crippen molar-refractivity contribution in [3.8, 4) is 0 Å². The average Bonchev–Trinajstić information content (AvgIpc) is 2.58. The summed E-state index contributed by atoms with van der Waals surface area (Å²) in [6.07, 6.45) is 6.64. The molecular formula is C12H26N2. The first-order valence-corrected chi connectivity index (χ1v) is 6.24. The monoisotopic (exact) mass is 198 g/mol. The van der Waals surface area contributed by atoms with E-state index in [1.165, 1.54) is 45.2 Å². The summed E-state index contributed by atoms with van der Waals surface area (Å²) < 4.78 is 0. The standard InChI is InChI=1S/C12H26N2/c1-3-5-6-11(4-2)9-14-8-7-12(13)10-14/h11-12H,3-10,13H2,1-2H3/t11?,12-/m0/s1. The molecule has 2 heteroatoms. The van der Waals surface area contributed by atoms with Gasteiger partial charge in [-0.25, -0.2) is 0 Å². The van der Waals surface area contributed by atoms with Crippen molar-refractivity contribution in [1.82, 2.24) is 4.90 Å². The quantitative estimate of drug-likeness (QED) is 0.709. The molecule has 0 spiro atoms. The highest BCUT2D eigenvalue weighted by molar-refractivity contribution is 4.79. The van der Waals surface area contributed by atoms with E-state index in [2.05, 4.69) is 18.7 Å². The van der Waals surface area contributed by atoms with Crippen molar-refractivity contribution in [3.05, 3.63) is 0 Å². The fourth-order valence-electron chi connectivity index (χ4n) is 2.31. The molecule has 84 valence electrons. The second-order valence-corrected chi connectivity index (χ2v) is 4.72. The number of nitrogens with zero attached hydrogens (tertiary/aromatic N) is 1. The van der Waals surface area contributed by atoms with Gasteiger partial charge in [0.15, 0.2) is 0 Å². The Morgan fingerprint density at radius 3 is 2.71 bits per heavy atom. The predicted molar refractivity (Wildman–Crippen MR) is 62.3 cm³/mol. The van der Waals surface area contributed by atoms with Crippen molar-refractivity contribution in [2.24, 2.45) is 11.7 Å². The summed E-state index contributed by atoms with van der Waals surface area (Å²) in [6.45, 7) is 8.23. The van der Waals surface area contributed by atoms with Gasteiger partial charge in [-0.2, -0.15) is 0 Å². The lowest BCUT2D eigenvalue weighted by Gasteiger charge is -2.22. The van der Waals surface area contributed by atoms with Crippen LogP contribution in [0.25, 0.3) is 0 Å². The van der Waals surface area contributed by atoms with E-state index in [1.54, 1.807) is 0 Å². The first kappa shape index (κ1) is 12.0. The zero-order valence-electron chi connectivity index (χ0n) is 9.84. The molecule has 0 amide bonds. The molecule has 0 bridgehead atoms. The Morgan fingerprint density at radius 1 is 1.43 bits per heavy atom. The third-order valence-corrected chi connectivity index (χ3v) is 3.37. The van der Waals surface area contributed by atoms with Crippen molar-refractivity contribution < 1.29 is 0 Å². The molecule has 1 rings (SSSR count). The van der Waals surface area contributed by atoms with Crippen LogP contribution in [0.5, 0.6) is 0 Å². The van der Waals surface area contributed by atoms with Crippen LogP contribution in [0.3, 0.4) is 0 Å². The fourth-order valence-corrected chi connectivity index (χ4v) is 2.31. The lowest BCUT2D eigenvalue weighted by Crippen LogP contribution is -2.30. The van der Waals surface area contributed by atoms with Crippen molar-refractivity contribution in [3.63, 3.8) is 0 Å². The molecule has 1 unspecified atom stereocenters. The Morgan fingerprint density at radius 2 is 2.21 bits per heavy atom. The lowest BCUT2D eigenvalue weighted by atomic mass is 9.99. The van der Waals surface area contributed by atoms with Crippen LogP contribution in [0.15, 0.2) is 0 Å². The minimum absolute atomic E-state index is 0.443. The molecule has 2 atom stereocenters. The zero-order valence-corrected chi connectivity index (χ0v) is 9.84. The van der Waals surface area contributed by atoms with E-state index < -0.39 is 0 Å². The first-order valence-electron chi connectivity index (χ1n) is 6.24. The van der Waals surface area contributed by atoms with Crippen LogP contribution in [-0.4, -0.2) is 30.6 Å². The van der Waals surface area contributed by atoms with E-state index in [9.17, 15) is 0 Å². The van der Waals surface area contributed by atoms with Gasteiger partial charge < -0.3 is 10.6 Å². The average molecular weight is 198 g/mol. The molecule has 0 aromatic heterocycles. The molecule has 2 N–H and O–H groups in total. The normalized spacial score (nSPS) is 25.5. The van der Waals surface area contributed by atoms with Crippen LogP contribution in [0.4, 0.5) is 0 Å². The number of rotatable bonds is 6. The summed E-state index contributed by atoms with van der Waals surface area (Å²) in [5.41, 5.74) is 5.90. The summed E-state index contributed by atoms with van der Waals surface area (Å²) in [5.74, 6) is 0.903. The van der Waals surface area contributed by atoms with E-state index in [1.807, 2.05) is 0 Å². The van der Waals surface area contributed by atoms with Crippen LogP contribution in [0, 0.1) is 5.92 Å². The molecule has 0 saturated carbocycles. The topological polar surface area (TPSA) is 29.3 Å². The number of hydrogen-bond donors (Lipinski definition) is 1. The largest absolute Gasteiger partial charge is 0.326 e. The van der Waals surface area contributed by atoms with Gasteiger partial charge in [-0.3, -0.25) is 0 Å². The maximum Gasteiger partial charge on any atom is 0.0180 e. The number of unbranched alkanes of at least 4 members (excludes halogenated alkanes) is 1. The van der Waals surface area contributed by atoms with Gasteiger partial charge in [0.1, 0.15) is 0 Å². The van der Waals surface area contributed by atoms with Gasteiger partial charge in [0.25, 0.3) is 0 Å². The Bertz CT molecular complexity index is 147. The van der Waals surface area contributed by atoms with Crippen LogP contribution >= 0.6 is 0 Å². The SMILES string of the molecule is CCCCC(CC)CN1CC[C@H](N)C1. The minimum atomic E-state index is 0.443. The van der Waals surface area contributed by atoms with Gasteiger partial charge in [-0.05, 0) is 25.3 Å². The van der Waals surface area contributed by atoms with Crippen molar-refractivity contribution in [1.29, 1.82) is 0 Å². The molecule has 0 aromatic rings. The van der Waals surface area contributed by atoms with Crippen LogP contribution in [0.2, 0.25) is 0 Å². The van der Waals surface area contributed by atoms with Crippen LogP contribution in [-0.2, 0) is 0 Å². The lowest BCUT2D eigenvalue weighted by molar-refractivity contribution is 0.258. The number of likely N-dealkylation sites (tertiary alicyclic amines) is 1. The molecule has 1 aliphatic rings. The number of hydrogen-bond acceptors (Lipinski definition) is 2. The van der Waals surface area contributed by atoms with Crippen molar-refractivity contribution >= 4 is 0 Å². The second kappa shape index (κ2) is 6.41. The van der Waals surface area contributed by atoms with Crippen molar-refractivity contribution in [2.45, 2.75) is 52.0 Å². The van der Waals surface area contributed by atoms with Gasteiger partial charge in [-0.15, -0.1) is 0 Å². The first-order chi connectivity index (χ1) is 6.76. The predicted octanol–water partition coefficient (Wildman–Crippen LogP) is 2.24. The van der Waals surface area contributed by atoms with Crippen molar-refractivity contribution in [2.75, 3.05) is 19.6 Å². The van der Waals surface area contributed by atoms with Gasteiger partial charge in [0.2, 0.25) is 0 Å². The number of nitrogens with two attached hydrogens (primary N) is 1. The van der Waals surface area contributed by atoms with Crippen LogP contribution < -0.4 is 5.73 Å². The van der Waals surface area contributed by atoms with Crippen LogP contribution in [0.1, 0.15) is 46.0 Å². The molecule has 0 aliphatic carbocycles. The summed E-state index contributed by atoms with van der Waals surface area (Å²) in [6, 6.07) is 0.443.